The average molecular weight is 296 g/mol. The van der Waals surface area contributed by atoms with Gasteiger partial charge in [0.2, 0.25) is 5.91 Å². The van der Waals surface area contributed by atoms with Crippen LogP contribution in [0.3, 0.4) is 0 Å². The number of nitrogens with zero attached hydrogens (tertiary/aromatic N) is 2. The van der Waals surface area contributed by atoms with Crippen molar-refractivity contribution in [2.24, 2.45) is 5.41 Å². The normalized spacial score (nSPS) is 27.5. The van der Waals surface area contributed by atoms with Crippen LogP contribution in [0, 0.1) is 5.41 Å². The molecular formula is C17H32N2O2. The molecule has 2 aliphatic rings. The molecule has 0 bridgehead atoms. The monoisotopic (exact) mass is 296 g/mol. The number of aliphatic hydroxyl groups is 1. The third kappa shape index (κ3) is 4.19. The van der Waals surface area contributed by atoms with Gasteiger partial charge in [-0.2, -0.15) is 0 Å². The summed E-state index contributed by atoms with van der Waals surface area (Å²) in [6, 6.07) is 0.594. The van der Waals surface area contributed by atoms with Gasteiger partial charge in [-0.25, -0.2) is 0 Å². The van der Waals surface area contributed by atoms with Crippen LogP contribution >= 0.6 is 0 Å². The Bertz CT molecular complexity index is 338. The summed E-state index contributed by atoms with van der Waals surface area (Å²) in [5.74, 6) is 0.248. The van der Waals surface area contributed by atoms with E-state index in [0.717, 1.165) is 38.8 Å². The lowest BCUT2D eigenvalue weighted by atomic mass is 9.77. The van der Waals surface area contributed by atoms with Crippen LogP contribution in [0.1, 0.15) is 58.3 Å². The summed E-state index contributed by atoms with van der Waals surface area (Å²) in [6.07, 6.45) is 9.25. The first kappa shape index (κ1) is 16.8. The summed E-state index contributed by atoms with van der Waals surface area (Å²) in [7, 11) is 2.09. The Morgan fingerprint density at radius 2 is 2.05 bits per heavy atom. The van der Waals surface area contributed by atoms with Gasteiger partial charge in [-0.1, -0.05) is 26.2 Å². The van der Waals surface area contributed by atoms with E-state index >= 15 is 0 Å². The van der Waals surface area contributed by atoms with Crippen LogP contribution in [0.5, 0.6) is 0 Å². The van der Waals surface area contributed by atoms with Gasteiger partial charge in [0.25, 0.3) is 0 Å². The van der Waals surface area contributed by atoms with Gasteiger partial charge in [-0.3, -0.25) is 9.69 Å². The summed E-state index contributed by atoms with van der Waals surface area (Å²) in [6.45, 7) is 4.52. The van der Waals surface area contributed by atoms with E-state index in [9.17, 15) is 9.90 Å². The Hall–Kier alpha value is -0.610. The minimum absolute atomic E-state index is 0.0470. The maximum Gasteiger partial charge on any atom is 0.236 e. The van der Waals surface area contributed by atoms with Crippen molar-refractivity contribution >= 4 is 5.91 Å². The number of aliphatic hydroxyl groups excluding tert-OH is 1. The van der Waals surface area contributed by atoms with Crippen LogP contribution < -0.4 is 0 Å². The molecule has 4 heteroatoms. The first-order valence-corrected chi connectivity index (χ1v) is 8.69. The van der Waals surface area contributed by atoms with Crippen molar-refractivity contribution in [2.75, 3.05) is 33.3 Å². The summed E-state index contributed by atoms with van der Waals surface area (Å²) in [5, 5.41) is 9.78. The fraction of sp³-hybridized carbons (Fsp3) is 0.941. The van der Waals surface area contributed by atoms with Crippen molar-refractivity contribution in [1.29, 1.82) is 0 Å². The van der Waals surface area contributed by atoms with Gasteiger partial charge >= 0.3 is 0 Å². The summed E-state index contributed by atoms with van der Waals surface area (Å²) < 4.78 is 0. The van der Waals surface area contributed by atoms with Crippen molar-refractivity contribution < 1.29 is 9.90 Å². The van der Waals surface area contributed by atoms with Crippen molar-refractivity contribution in [2.45, 2.75) is 64.3 Å². The Morgan fingerprint density at radius 1 is 1.33 bits per heavy atom. The highest BCUT2D eigenvalue weighted by Crippen LogP contribution is 2.34. The van der Waals surface area contributed by atoms with E-state index < -0.39 is 0 Å². The molecule has 0 aromatic carbocycles. The Balaban J connectivity index is 1.89. The second kappa shape index (κ2) is 7.59. The second-order valence-corrected chi connectivity index (χ2v) is 7.18. The van der Waals surface area contributed by atoms with Crippen LogP contribution in [0.15, 0.2) is 0 Å². The molecule has 1 aliphatic carbocycles. The van der Waals surface area contributed by atoms with E-state index in [0.29, 0.717) is 12.6 Å². The first-order chi connectivity index (χ1) is 10.1. The minimum atomic E-state index is -0.0470. The van der Waals surface area contributed by atoms with E-state index in [-0.39, 0.29) is 17.9 Å². The average Bonchev–Trinajstić information content (AvgIpc) is 3.02. The zero-order valence-electron chi connectivity index (χ0n) is 13.8. The molecule has 0 aromatic rings. The van der Waals surface area contributed by atoms with Gasteiger partial charge in [-0.15, -0.1) is 0 Å². The van der Waals surface area contributed by atoms with Crippen LogP contribution in [-0.4, -0.2) is 60.1 Å². The molecule has 2 rings (SSSR count). The maximum absolute atomic E-state index is 12.6. The molecule has 1 unspecified atom stereocenters. The molecule has 0 spiro atoms. The molecule has 1 amide bonds. The fourth-order valence-corrected chi connectivity index (χ4v) is 4.15. The first-order valence-electron chi connectivity index (χ1n) is 8.69. The van der Waals surface area contributed by atoms with E-state index in [2.05, 4.69) is 18.9 Å². The topological polar surface area (TPSA) is 43.8 Å². The predicted octanol–water partition coefficient (Wildman–Crippen LogP) is 2.26. The number of likely N-dealkylation sites (tertiary alicyclic amines) is 1. The number of piperidine rings is 1. The van der Waals surface area contributed by atoms with Gasteiger partial charge in [0.1, 0.15) is 0 Å². The number of rotatable bonds is 6. The van der Waals surface area contributed by atoms with Gasteiger partial charge < -0.3 is 10.0 Å². The predicted molar refractivity (Wildman–Crippen MR) is 85.1 cm³/mol. The smallest absolute Gasteiger partial charge is 0.236 e. The molecule has 4 nitrogen and oxygen atoms in total. The van der Waals surface area contributed by atoms with Crippen molar-refractivity contribution in [3.8, 4) is 0 Å². The largest absolute Gasteiger partial charge is 0.396 e. The Kier molecular flexibility index (Phi) is 6.06. The van der Waals surface area contributed by atoms with Crippen LogP contribution in [0.4, 0.5) is 0 Å². The number of hydrogen-bond donors (Lipinski definition) is 1. The Labute approximate surface area is 129 Å². The summed E-state index contributed by atoms with van der Waals surface area (Å²) in [5.41, 5.74) is -0.0470. The molecule has 0 aromatic heterocycles. The van der Waals surface area contributed by atoms with E-state index in [1.165, 1.54) is 25.7 Å². The molecule has 0 radical (unpaired) electrons. The van der Waals surface area contributed by atoms with Crippen LogP contribution in [-0.2, 0) is 4.79 Å². The highest BCUT2D eigenvalue weighted by atomic mass is 16.3. The minimum Gasteiger partial charge on any atom is -0.396 e. The summed E-state index contributed by atoms with van der Waals surface area (Å²) in [4.78, 5) is 16.8. The van der Waals surface area contributed by atoms with Gasteiger partial charge in [0.15, 0.2) is 0 Å². The van der Waals surface area contributed by atoms with Gasteiger partial charge in [0, 0.05) is 24.5 Å². The lowest BCUT2D eigenvalue weighted by molar-refractivity contribution is -0.137. The SMILES string of the molecule is CCCC1(CO)CCCN(C(=O)CN(C)C2CCCC2)C1. The third-order valence-electron chi connectivity index (χ3n) is 5.46. The molecule has 1 N–H and O–H groups in total. The van der Waals surface area contributed by atoms with Crippen LogP contribution in [0.2, 0.25) is 0 Å². The molecule has 1 aliphatic heterocycles. The van der Waals surface area contributed by atoms with Gasteiger partial charge in [0.05, 0.1) is 13.2 Å². The fourth-order valence-electron chi connectivity index (χ4n) is 4.15. The highest BCUT2D eigenvalue weighted by molar-refractivity contribution is 5.78. The number of hydrogen-bond acceptors (Lipinski definition) is 3. The molecule has 1 saturated heterocycles. The second-order valence-electron chi connectivity index (χ2n) is 7.18. The quantitative estimate of drug-likeness (QED) is 0.817. The number of carbonyl (C=O) groups is 1. The van der Waals surface area contributed by atoms with Crippen LogP contribution in [0.25, 0.3) is 0 Å². The number of likely N-dealkylation sites (N-methyl/N-ethyl adjacent to an activating group) is 1. The molecule has 1 heterocycles. The zero-order chi connectivity index (χ0) is 15.3. The van der Waals surface area contributed by atoms with Crippen molar-refractivity contribution in [1.82, 2.24) is 9.80 Å². The molecule has 21 heavy (non-hydrogen) atoms. The van der Waals surface area contributed by atoms with E-state index in [1.54, 1.807) is 0 Å². The highest BCUT2D eigenvalue weighted by Gasteiger charge is 2.36. The molecule has 2 fully saturated rings. The molecule has 122 valence electrons. The van der Waals surface area contributed by atoms with E-state index in [1.807, 2.05) is 4.90 Å². The molecular weight excluding hydrogens is 264 g/mol. The maximum atomic E-state index is 12.6. The van der Waals surface area contributed by atoms with E-state index in [4.69, 9.17) is 0 Å². The van der Waals surface area contributed by atoms with Gasteiger partial charge in [-0.05, 0) is 39.2 Å². The number of amides is 1. The van der Waals surface area contributed by atoms with Crippen molar-refractivity contribution in [3.05, 3.63) is 0 Å². The number of carbonyl (C=O) groups excluding carboxylic acids is 1. The third-order valence-corrected chi connectivity index (χ3v) is 5.46. The summed E-state index contributed by atoms with van der Waals surface area (Å²) >= 11 is 0. The standard InChI is InChI=1S/C17H32N2O2/c1-3-9-17(14-20)10-6-11-19(13-17)16(21)12-18(2)15-7-4-5-8-15/h15,20H,3-14H2,1-2H3. The lowest BCUT2D eigenvalue weighted by Crippen LogP contribution is -2.51. The molecule has 1 saturated carbocycles. The van der Waals surface area contributed by atoms with Crippen molar-refractivity contribution in [3.63, 3.8) is 0 Å². The molecule has 1 atom stereocenters. The lowest BCUT2D eigenvalue weighted by Gasteiger charge is -2.42. The zero-order valence-corrected chi connectivity index (χ0v) is 13.8. The Morgan fingerprint density at radius 3 is 2.67 bits per heavy atom.